The zero-order chi connectivity index (χ0) is 12.8. The van der Waals surface area contributed by atoms with Crippen molar-refractivity contribution in [2.24, 2.45) is 5.92 Å². The van der Waals surface area contributed by atoms with E-state index in [2.05, 4.69) is 24.1 Å². The monoisotopic (exact) mass is 254 g/mol. The first-order valence-corrected chi connectivity index (χ1v) is 7.82. The van der Waals surface area contributed by atoms with Crippen LogP contribution in [0.4, 0.5) is 0 Å². The Labute approximate surface area is 112 Å². The Kier molecular flexibility index (Phi) is 5.93. The molecule has 1 aliphatic carbocycles. The van der Waals surface area contributed by atoms with E-state index in [1.807, 2.05) is 0 Å². The maximum Gasteiger partial charge on any atom is 0.0600 e. The molecule has 1 saturated heterocycles. The molecule has 0 radical (unpaired) electrons. The van der Waals surface area contributed by atoms with E-state index < -0.39 is 0 Å². The first-order chi connectivity index (χ1) is 8.75. The Morgan fingerprint density at radius 1 is 1.11 bits per heavy atom. The van der Waals surface area contributed by atoms with Gasteiger partial charge in [0.2, 0.25) is 0 Å². The van der Waals surface area contributed by atoms with Gasteiger partial charge < -0.3 is 10.1 Å². The molecular formula is C15H30N2O. The molecule has 3 heteroatoms. The lowest BCUT2D eigenvalue weighted by Crippen LogP contribution is -2.36. The maximum atomic E-state index is 6.02. The number of rotatable bonds is 8. The number of nitrogens with one attached hydrogen (secondary N) is 1. The van der Waals surface area contributed by atoms with Crippen molar-refractivity contribution in [3.63, 3.8) is 0 Å². The summed E-state index contributed by atoms with van der Waals surface area (Å²) in [5, 5.41) is 3.38. The van der Waals surface area contributed by atoms with Crippen LogP contribution in [0, 0.1) is 5.92 Å². The lowest BCUT2D eigenvalue weighted by molar-refractivity contribution is 0.0184. The number of piperidine rings is 1. The molecule has 18 heavy (non-hydrogen) atoms. The summed E-state index contributed by atoms with van der Waals surface area (Å²) in [5.41, 5.74) is 0. The first-order valence-electron chi connectivity index (χ1n) is 7.82. The summed E-state index contributed by atoms with van der Waals surface area (Å²) in [5.74, 6) is 0.816. The minimum absolute atomic E-state index is 0.511. The fraction of sp³-hybridized carbons (Fsp3) is 1.00. The van der Waals surface area contributed by atoms with Crippen LogP contribution in [0.2, 0.25) is 0 Å². The second kappa shape index (κ2) is 7.46. The summed E-state index contributed by atoms with van der Waals surface area (Å²) >= 11 is 0. The fourth-order valence-corrected chi connectivity index (χ4v) is 2.64. The number of hydrogen-bond donors (Lipinski definition) is 1. The van der Waals surface area contributed by atoms with Crippen LogP contribution in [0.25, 0.3) is 0 Å². The minimum atomic E-state index is 0.511. The van der Waals surface area contributed by atoms with Crippen molar-refractivity contribution in [1.82, 2.24) is 10.2 Å². The van der Waals surface area contributed by atoms with E-state index in [1.165, 1.54) is 38.6 Å². The van der Waals surface area contributed by atoms with E-state index in [1.54, 1.807) is 0 Å². The van der Waals surface area contributed by atoms with Crippen molar-refractivity contribution in [3.05, 3.63) is 0 Å². The summed E-state index contributed by atoms with van der Waals surface area (Å²) in [4.78, 5) is 2.65. The predicted octanol–water partition coefficient (Wildman–Crippen LogP) is 2.27. The molecule has 2 fully saturated rings. The Morgan fingerprint density at radius 2 is 1.83 bits per heavy atom. The molecule has 0 spiro atoms. The lowest BCUT2D eigenvalue weighted by Gasteiger charge is -2.26. The van der Waals surface area contributed by atoms with Crippen LogP contribution >= 0.6 is 0 Å². The third-order valence-electron chi connectivity index (χ3n) is 4.08. The highest BCUT2D eigenvalue weighted by atomic mass is 16.5. The Morgan fingerprint density at radius 3 is 2.44 bits per heavy atom. The van der Waals surface area contributed by atoms with Crippen molar-refractivity contribution in [3.8, 4) is 0 Å². The summed E-state index contributed by atoms with van der Waals surface area (Å²) in [6.45, 7) is 10.2. The molecular weight excluding hydrogens is 224 g/mol. The standard InChI is InChI=1S/C15H30N2O/c1-13(2)7-10-17(14-3-4-14)11-12-18-15-5-8-16-9-6-15/h13-16H,3-12H2,1-2H3. The normalized spacial score (nSPS) is 22.0. The summed E-state index contributed by atoms with van der Waals surface area (Å²) in [6.07, 6.45) is 7.03. The molecule has 0 aromatic heterocycles. The van der Waals surface area contributed by atoms with E-state index in [9.17, 15) is 0 Å². The molecule has 1 heterocycles. The van der Waals surface area contributed by atoms with Gasteiger partial charge in [0.05, 0.1) is 12.7 Å². The average Bonchev–Trinajstić information content (AvgIpc) is 3.19. The van der Waals surface area contributed by atoms with E-state index >= 15 is 0 Å². The third-order valence-corrected chi connectivity index (χ3v) is 4.08. The zero-order valence-electron chi connectivity index (χ0n) is 12.2. The van der Waals surface area contributed by atoms with Gasteiger partial charge in [0.1, 0.15) is 0 Å². The molecule has 0 aromatic carbocycles. The van der Waals surface area contributed by atoms with Crippen LogP contribution in [0.1, 0.15) is 46.0 Å². The smallest absolute Gasteiger partial charge is 0.0600 e. The topological polar surface area (TPSA) is 24.5 Å². The van der Waals surface area contributed by atoms with Gasteiger partial charge in [-0.2, -0.15) is 0 Å². The second-order valence-electron chi connectivity index (χ2n) is 6.27. The number of nitrogens with zero attached hydrogens (tertiary/aromatic N) is 1. The molecule has 0 amide bonds. The SMILES string of the molecule is CC(C)CCN(CCOC1CCNCC1)C1CC1. The first kappa shape index (κ1) is 14.3. The van der Waals surface area contributed by atoms with Crippen LogP contribution in [-0.4, -0.2) is 49.8 Å². The minimum Gasteiger partial charge on any atom is -0.377 e. The van der Waals surface area contributed by atoms with Crippen LogP contribution in [0.15, 0.2) is 0 Å². The molecule has 106 valence electrons. The van der Waals surface area contributed by atoms with Crippen molar-refractivity contribution >= 4 is 0 Å². The van der Waals surface area contributed by atoms with E-state index in [-0.39, 0.29) is 0 Å². The van der Waals surface area contributed by atoms with Crippen molar-refractivity contribution in [2.75, 3.05) is 32.8 Å². The molecule has 1 N–H and O–H groups in total. The maximum absolute atomic E-state index is 6.02. The van der Waals surface area contributed by atoms with E-state index in [0.717, 1.165) is 38.2 Å². The predicted molar refractivity (Wildman–Crippen MR) is 75.9 cm³/mol. The Hall–Kier alpha value is -0.120. The van der Waals surface area contributed by atoms with Crippen molar-refractivity contribution in [2.45, 2.75) is 58.1 Å². The quantitative estimate of drug-likeness (QED) is 0.719. The van der Waals surface area contributed by atoms with Crippen LogP contribution in [0.3, 0.4) is 0 Å². The second-order valence-corrected chi connectivity index (χ2v) is 6.27. The van der Waals surface area contributed by atoms with Crippen LogP contribution in [0.5, 0.6) is 0 Å². The molecule has 0 bridgehead atoms. The van der Waals surface area contributed by atoms with Gasteiger partial charge in [-0.05, 0) is 57.7 Å². The third kappa shape index (κ3) is 5.25. The van der Waals surface area contributed by atoms with Gasteiger partial charge in [-0.1, -0.05) is 13.8 Å². The highest BCUT2D eigenvalue weighted by Crippen LogP contribution is 2.27. The molecule has 2 aliphatic rings. The van der Waals surface area contributed by atoms with E-state index in [4.69, 9.17) is 4.74 Å². The van der Waals surface area contributed by atoms with Gasteiger partial charge in [-0.3, -0.25) is 4.90 Å². The van der Waals surface area contributed by atoms with Gasteiger partial charge in [0.25, 0.3) is 0 Å². The summed E-state index contributed by atoms with van der Waals surface area (Å²) in [6, 6.07) is 0.875. The van der Waals surface area contributed by atoms with Gasteiger partial charge in [-0.15, -0.1) is 0 Å². The lowest BCUT2D eigenvalue weighted by atomic mass is 10.1. The Bertz CT molecular complexity index is 223. The van der Waals surface area contributed by atoms with Gasteiger partial charge in [0, 0.05) is 12.6 Å². The summed E-state index contributed by atoms with van der Waals surface area (Å²) in [7, 11) is 0. The van der Waals surface area contributed by atoms with Gasteiger partial charge in [-0.25, -0.2) is 0 Å². The summed E-state index contributed by atoms with van der Waals surface area (Å²) < 4.78 is 6.02. The number of ether oxygens (including phenoxy) is 1. The molecule has 1 saturated carbocycles. The molecule has 2 rings (SSSR count). The fourth-order valence-electron chi connectivity index (χ4n) is 2.64. The van der Waals surface area contributed by atoms with Gasteiger partial charge in [0.15, 0.2) is 0 Å². The average molecular weight is 254 g/mol. The molecule has 0 unspecified atom stereocenters. The van der Waals surface area contributed by atoms with Crippen molar-refractivity contribution < 1.29 is 4.74 Å². The molecule has 1 aliphatic heterocycles. The van der Waals surface area contributed by atoms with Crippen LogP contribution < -0.4 is 5.32 Å². The van der Waals surface area contributed by atoms with E-state index in [0.29, 0.717) is 6.10 Å². The largest absolute Gasteiger partial charge is 0.377 e. The molecule has 0 atom stereocenters. The highest BCUT2D eigenvalue weighted by molar-refractivity contribution is 4.84. The van der Waals surface area contributed by atoms with Crippen molar-refractivity contribution in [1.29, 1.82) is 0 Å². The Balaban J connectivity index is 1.59. The highest BCUT2D eigenvalue weighted by Gasteiger charge is 2.28. The molecule has 0 aromatic rings. The van der Waals surface area contributed by atoms with Gasteiger partial charge >= 0.3 is 0 Å². The van der Waals surface area contributed by atoms with Crippen LogP contribution in [-0.2, 0) is 4.74 Å². The number of hydrogen-bond acceptors (Lipinski definition) is 3. The zero-order valence-corrected chi connectivity index (χ0v) is 12.2. The molecule has 3 nitrogen and oxygen atoms in total.